The van der Waals surface area contributed by atoms with Crippen LogP contribution in [0.2, 0.25) is 0 Å². The number of nitrogens with zero attached hydrogens (tertiary/aromatic N) is 2. The molecule has 0 amide bonds. The molecule has 124 valence electrons. The van der Waals surface area contributed by atoms with E-state index in [0.29, 0.717) is 19.6 Å². The highest BCUT2D eigenvalue weighted by molar-refractivity contribution is 7.93. The number of ether oxygens (including phenoxy) is 2. The number of aryl methyl sites for hydroxylation is 1. The molecule has 0 atom stereocenters. The quantitative estimate of drug-likeness (QED) is 0.850. The second-order valence-corrected chi connectivity index (χ2v) is 7.82. The van der Waals surface area contributed by atoms with E-state index in [-0.39, 0.29) is 10.0 Å². The van der Waals surface area contributed by atoms with Gasteiger partial charge >= 0.3 is 0 Å². The summed E-state index contributed by atoms with van der Waals surface area (Å²) >= 11 is 1.21. The van der Waals surface area contributed by atoms with Crippen molar-refractivity contribution in [2.75, 3.05) is 25.0 Å². The number of benzene rings is 1. The molecule has 0 saturated heterocycles. The lowest BCUT2D eigenvalue weighted by Gasteiger charge is -2.17. The second kappa shape index (κ2) is 6.81. The number of methoxy groups -OCH3 is 1. The third-order valence-corrected chi connectivity index (χ3v) is 5.76. The van der Waals surface area contributed by atoms with Gasteiger partial charge in [-0.15, -0.1) is 10.2 Å². The normalized spacial score (nSPS) is 14.1. The molecule has 9 heteroatoms. The van der Waals surface area contributed by atoms with Crippen LogP contribution in [0.4, 0.5) is 5.13 Å². The van der Waals surface area contributed by atoms with Gasteiger partial charge < -0.3 is 9.47 Å². The van der Waals surface area contributed by atoms with Crippen LogP contribution in [0.3, 0.4) is 0 Å². The van der Waals surface area contributed by atoms with E-state index < -0.39 is 10.0 Å². The van der Waals surface area contributed by atoms with Crippen LogP contribution in [0.25, 0.3) is 0 Å². The molecule has 0 fully saturated rings. The molecule has 2 aromatic rings. The number of hydrogen-bond donors (Lipinski definition) is 1. The Balaban J connectivity index is 1.77. The number of rotatable bonds is 6. The maximum Gasteiger partial charge on any atom is 0.263 e. The van der Waals surface area contributed by atoms with Crippen LogP contribution in [0.1, 0.15) is 17.0 Å². The maximum atomic E-state index is 12.5. The van der Waals surface area contributed by atoms with Crippen molar-refractivity contribution in [1.82, 2.24) is 10.2 Å². The fourth-order valence-corrected chi connectivity index (χ4v) is 4.26. The van der Waals surface area contributed by atoms with Crippen LogP contribution in [-0.4, -0.2) is 38.9 Å². The monoisotopic (exact) mass is 355 g/mol. The molecule has 0 spiro atoms. The second-order valence-electron chi connectivity index (χ2n) is 5.07. The van der Waals surface area contributed by atoms with Gasteiger partial charge in [-0.3, -0.25) is 4.72 Å². The predicted octanol–water partition coefficient (Wildman–Crippen LogP) is 1.85. The van der Waals surface area contributed by atoms with Gasteiger partial charge in [-0.25, -0.2) is 8.42 Å². The molecular formula is C14H17N3O4S2. The average Bonchev–Trinajstić information content (AvgIpc) is 2.99. The molecule has 1 aliphatic heterocycles. The lowest BCUT2D eigenvalue weighted by molar-refractivity contribution is 0.202. The van der Waals surface area contributed by atoms with Gasteiger partial charge in [0, 0.05) is 13.5 Å². The number of fused-ring (bicyclic) bond motifs is 1. The highest BCUT2D eigenvalue weighted by Crippen LogP contribution is 2.28. The van der Waals surface area contributed by atoms with Crippen LogP contribution >= 0.6 is 11.3 Å². The van der Waals surface area contributed by atoms with Crippen LogP contribution in [-0.2, 0) is 27.6 Å². The molecule has 1 N–H and O–H groups in total. The molecule has 0 radical (unpaired) electrons. The molecule has 2 heterocycles. The number of aromatic nitrogens is 2. The Morgan fingerprint density at radius 2 is 2.26 bits per heavy atom. The molecule has 0 bridgehead atoms. The highest BCUT2D eigenvalue weighted by atomic mass is 32.2. The number of hydrogen-bond acceptors (Lipinski definition) is 7. The average molecular weight is 355 g/mol. The van der Waals surface area contributed by atoms with E-state index in [4.69, 9.17) is 9.47 Å². The first-order chi connectivity index (χ1) is 11.1. The fourth-order valence-electron chi connectivity index (χ4n) is 2.26. The summed E-state index contributed by atoms with van der Waals surface area (Å²) in [5.41, 5.74) is 0.914. The first-order valence-corrected chi connectivity index (χ1v) is 9.48. The molecule has 0 aliphatic carbocycles. The minimum Gasteiger partial charge on any atom is -0.493 e. The molecule has 1 aromatic carbocycles. The van der Waals surface area contributed by atoms with Crippen molar-refractivity contribution < 1.29 is 17.9 Å². The summed E-state index contributed by atoms with van der Waals surface area (Å²) in [7, 11) is -2.08. The van der Waals surface area contributed by atoms with E-state index in [1.165, 1.54) is 11.3 Å². The largest absolute Gasteiger partial charge is 0.493 e. The predicted molar refractivity (Wildman–Crippen MR) is 86.6 cm³/mol. The van der Waals surface area contributed by atoms with E-state index >= 15 is 0 Å². The van der Waals surface area contributed by atoms with Crippen LogP contribution in [0, 0.1) is 0 Å². The summed E-state index contributed by atoms with van der Waals surface area (Å²) < 4.78 is 37.9. The summed E-state index contributed by atoms with van der Waals surface area (Å²) in [6.07, 6.45) is 2.31. The highest BCUT2D eigenvalue weighted by Gasteiger charge is 2.20. The van der Waals surface area contributed by atoms with Crippen molar-refractivity contribution in [3.63, 3.8) is 0 Å². The molecule has 0 saturated carbocycles. The standard InChI is InChI=1S/C14H17N3O4S2/c1-20-8-6-13-15-16-14(22-13)17-23(18,19)11-4-5-12-10(9-11)3-2-7-21-12/h4-5,9H,2-3,6-8H2,1H3,(H,16,17). The lowest BCUT2D eigenvalue weighted by atomic mass is 10.1. The van der Waals surface area contributed by atoms with E-state index in [0.717, 1.165) is 29.2 Å². The van der Waals surface area contributed by atoms with Crippen LogP contribution < -0.4 is 9.46 Å². The third kappa shape index (κ3) is 3.80. The van der Waals surface area contributed by atoms with Crippen molar-refractivity contribution in [3.05, 3.63) is 28.8 Å². The SMILES string of the molecule is COCCc1nnc(NS(=O)(=O)c2ccc3c(c2)CCCO3)s1. The van der Waals surface area contributed by atoms with Gasteiger partial charge in [0.2, 0.25) is 5.13 Å². The number of sulfonamides is 1. The molecule has 1 aromatic heterocycles. The Morgan fingerprint density at radius 1 is 1.39 bits per heavy atom. The van der Waals surface area contributed by atoms with Gasteiger partial charge in [0.05, 0.1) is 18.1 Å². The first-order valence-electron chi connectivity index (χ1n) is 7.18. The summed E-state index contributed by atoms with van der Waals surface area (Å²) in [6.45, 7) is 1.19. The summed E-state index contributed by atoms with van der Waals surface area (Å²) in [4.78, 5) is 0.204. The van der Waals surface area contributed by atoms with E-state index in [2.05, 4.69) is 14.9 Å². The Bertz CT molecular complexity index is 789. The first kappa shape index (κ1) is 16.2. The van der Waals surface area contributed by atoms with Crippen molar-refractivity contribution in [3.8, 4) is 5.75 Å². The Labute approximate surface area is 138 Å². The summed E-state index contributed by atoms with van der Waals surface area (Å²) in [5, 5.41) is 8.79. The van der Waals surface area contributed by atoms with Gasteiger partial charge in [-0.05, 0) is 36.6 Å². The van der Waals surface area contributed by atoms with Crippen molar-refractivity contribution in [1.29, 1.82) is 0 Å². The molecule has 0 unspecified atom stereocenters. The summed E-state index contributed by atoms with van der Waals surface area (Å²) in [5.74, 6) is 0.757. The summed E-state index contributed by atoms with van der Waals surface area (Å²) in [6, 6.07) is 4.90. The third-order valence-electron chi connectivity index (χ3n) is 3.40. The zero-order valence-electron chi connectivity index (χ0n) is 12.6. The molecular weight excluding hydrogens is 338 g/mol. The van der Waals surface area contributed by atoms with Gasteiger partial charge in [0.25, 0.3) is 10.0 Å². The van der Waals surface area contributed by atoms with Crippen LogP contribution in [0.15, 0.2) is 23.1 Å². The minimum absolute atomic E-state index is 0.204. The lowest BCUT2D eigenvalue weighted by Crippen LogP contribution is -2.14. The van der Waals surface area contributed by atoms with Gasteiger partial charge in [0.1, 0.15) is 10.8 Å². The molecule has 23 heavy (non-hydrogen) atoms. The zero-order valence-corrected chi connectivity index (χ0v) is 14.2. The topological polar surface area (TPSA) is 90.4 Å². The zero-order chi connectivity index (χ0) is 16.3. The van der Waals surface area contributed by atoms with Crippen molar-refractivity contribution >= 4 is 26.5 Å². The molecule has 1 aliphatic rings. The van der Waals surface area contributed by atoms with E-state index in [1.54, 1.807) is 25.3 Å². The number of anilines is 1. The fraction of sp³-hybridized carbons (Fsp3) is 0.429. The van der Waals surface area contributed by atoms with Gasteiger partial charge in [-0.1, -0.05) is 11.3 Å². The van der Waals surface area contributed by atoms with Crippen molar-refractivity contribution in [2.45, 2.75) is 24.2 Å². The Morgan fingerprint density at radius 3 is 3.09 bits per heavy atom. The van der Waals surface area contributed by atoms with E-state index in [9.17, 15) is 8.42 Å². The van der Waals surface area contributed by atoms with Crippen LogP contribution in [0.5, 0.6) is 5.75 Å². The van der Waals surface area contributed by atoms with Gasteiger partial charge in [-0.2, -0.15) is 0 Å². The molecule has 3 rings (SSSR count). The number of nitrogens with one attached hydrogen (secondary N) is 1. The Kier molecular flexibility index (Phi) is 4.79. The Hall–Kier alpha value is -1.71. The smallest absolute Gasteiger partial charge is 0.263 e. The van der Waals surface area contributed by atoms with Crippen molar-refractivity contribution in [2.24, 2.45) is 0 Å². The maximum absolute atomic E-state index is 12.5. The van der Waals surface area contributed by atoms with E-state index in [1.807, 2.05) is 0 Å². The van der Waals surface area contributed by atoms with Gasteiger partial charge in [0.15, 0.2) is 0 Å². The minimum atomic E-state index is -3.68. The molecule has 7 nitrogen and oxygen atoms in total.